The van der Waals surface area contributed by atoms with Crippen LogP contribution in [-0.4, -0.2) is 33.5 Å². The van der Waals surface area contributed by atoms with Gasteiger partial charge in [-0.3, -0.25) is 0 Å². The van der Waals surface area contributed by atoms with Crippen LogP contribution in [0.3, 0.4) is 0 Å². The Kier molecular flexibility index (Phi) is 3.25. The van der Waals surface area contributed by atoms with E-state index in [1.54, 1.807) is 0 Å². The van der Waals surface area contributed by atoms with Crippen LogP contribution in [0.15, 0.2) is 34.7 Å². The minimum Gasteiger partial charge on any atom is -0.508 e. The largest absolute Gasteiger partial charge is 0.508 e. The zero-order valence-electron chi connectivity index (χ0n) is 11.9. The lowest BCUT2D eigenvalue weighted by Crippen LogP contribution is -2.02. The molecule has 0 bridgehead atoms. The second kappa shape index (κ2) is 5.13. The highest BCUT2D eigenvalue weighted by atomic mass is 16.5. The summed E-state index contributed by atoms with van der Waals surface area (Å²) in [7, 11) is 1.18. The summed E-state index contributed by atoms with van der Waals surface area (Å²) >= 11 is 0. The number of aromatic hydroxyl groups is 4. The normalized spacial score (nSPS) is 10.8. The lowest BCUT2D eigenvalue weighted by molar-refractivity contribution is 0.0602. The van der Waals surface area contributed by atoms with E-state index in [1.807, 2.05) is 0 Å². The summed E-state index contributed by atoms with van der Waals surface area (Å²) in [6.07, 6.45) is 0. The third-order valence-electron chi connectivity index (χ3n) is 3.38. The van der Waals surface area contributed by atoms with Crippen molar-refractivity contribution in [3.8, 4) is 34.3 Å². The molecule has 2 aromatic carbocycles. The summed E-state index contributed by atoms with van der Waals surface area (Å²) in [5.41, 5.74) is 0.311. The van der Waals surface area contributed by atoms with Crippen LogP contribution in [0.25, 0.3) is 22.3 Å². The molecule has 3 rings (SSSR count). The molecule has 0 unspecified atom stereocenters. The maximum Gasteiger partial charge on any atom is 0.342 e. The minimum absolute atomic E-state index is 0.0306. The van der Waals surface area contributed by atoms with Crippen molar-refractivity contribution in [2.24, 2.45) is 0 Å². The standard InChI is InChI=1S/C16H12O7/c1-22-16(21)14-13-11(20)5-8(17)6-12(13)23-15(14)7-2-3-9(18)10(19)4-7/h2-6,17-20H,1H3. The van der Waals surface area contributed by atoms with Gasteiger partial charge in [0.15, 0.2) is 11.5 Å². The number of carbonyl (C=O) groups excluding carboxylic acids is 1. The first kappa shape index (κ1) is 14.6. The molecule has 1 heterocycles. The molecule has 0 saturated heterocycles. The molecule has 7 heteroatoms. The average molecular weight is 316 g/mol. The molecule has 118 valence electrons. The van der Waals surface area contributed by atoms with Crippen LogP contribution in [0.1, 0.15) is 10.4 Å². The number of carbonyl (C=O) groups is 1. The van der Waals surface area contributed by atoms with E-state index in [0.29, 0.717) is 0 Å². The number of phenolic OH excluding ortho intramolecular Hbond substituents is 4. The first-order chi connectivity index (χ1) is 10.9. The average Bonchev–Trinajstić information content (AvgIpc) is 2.88. The molecule has 0 aliphatic heterocycles. The number of ether oxygens (including phenoxy) is 1. The Morgan fingerprint density at radius 1 is 1.00 bits per heavy atom. The maximum atomic E-state index is 12.1. The molecule has 1 aromatic heterocycles. The first-order valence-electron chi connectivity index (χ1n) is 6.51. The molecule has 0 atom stereocenters. The van der Waals surface area contributed by atoms with Gasteiger partial charge < -0.3 is 29.6 Å². The van der Waals surface area contributed by atoms with Crippen molar-refractivity contribution in [2.75, 3.05) is 7.11 Å². The SMILES string of the molecule is COC(=O)c1c(-c2ccc(O)c(O)c2)oc2cc(O)cc(O)c12. The lowest BCUT2D eigenvalue weighted by Gasteiger charge is -2.04. The second-order valence-corrected chi connectivity index (χ2v) is 4.84. The molecule has 0 spiro atoms. The molecule has 7 nitrogen and oxygen atoms in total. The molecule has 0 saturated carbocycles. The number of methoxy groups -OCH3 is 1. The number of hydrogen-bond acceptors (Lipinski definition) is 7. The molecule has 4 N–H and O–H groups in total. The van der Waals surface area contributed by atoms with Gasteiger partial charge in [0.25, 0.3) is 0 Å². The molecule has 3 aromatic rings. The molecule has 23 heavy (non-hydrogen) atoms. The number of phenols is 4. The molecular weight excluding hydrogens is 304 g/mol. The summed E-state index contributed by atoms with van der Waals surface area (Å²) in [4.78, 5) is 12.1. The van der Waals surface area contributed by atoms with Crippen molar-refractivity contribution in [1.82, 2.24) is 0 Å². The van der Waals surface area contributed by atoms with Crippen LogP contribution in [0.2, 0.25) is 0 Å². The molecule has 0 radical (unpaired) electrons. The van der Waals surface area contributed by atoms with Crippen LogP contribution in [0.4, 0.5) is 0 Å². The van der Waals surface area contributed by atoms with Gasteiger partial charge >= 0.3 is 5.97 Å². The van der Waals surface area contributed by atoms with Gasteiger partial charge in [0.1, 0.15) is 28.4 Å². The summed E-state index contributed by atoms with van der Waals surface area (Å²) in [6, 6.07) is 6.18. The predicted octanol–water partition coefficient (Wildman–Crippen LogP) is 2.71. The lowest BCUT2D eigenvalue weighted by atomic mass is 10.0. The number of fused-ring (bicyclic) bond motifs is 1. The number of rotatable bonds is 2. The number of benzene rings is 2. The van der Waals surface area contributed by atoms with Gasteiger partial charge in [0.2, 0.25) is 0 Å². The van der Waals surface area contributed by atoms with Crippen molar-refractivity contribution >= 4 is 16.9 Å². The van der Waals surface area contributed by atoms with E-state index in [1.165, 1.54) is 31.4 Å². The third kappa shape index (κ3) is 2.28. The quantitative estimate of drug-likeness (QED) is 0.423. The number of hydrogen-bond donors (Lipinski definition) is 4. The van der Waals surface area contributed by atoms with Gasteiger partial charge in [-0.25, -0.2) is 4.79 Å². The summed E-state index contributed by atoms with van der Waals surface area (Å²) in [6.45, 7) is 0. The van der Waals surface area contributed by atoms with Gasteiger partial charge in [-0.2, -0.15) is 0 Å². The van der Waals surface area contributed by atoms with Crippen LogP contribution < -0.4 is 0 Å². The Labute approximate surface area is 129 Å². The van der Waals surface area contributed by atoms with E-state index in [0.717, 1.165) is 6.07 Å². The van der Waals surface area contributed by atoms with Crippen molar-refractivity contribution in [1.29, 1.82) is 0 Å². The van der Waals surface area contributed by atoms with E-state index >= 15 is 0 Å². The highest BCUT2D eigenvalue weighted by Crippen LogP contribution is 2.42. The maximum absolute atomic E-state index is 12.1. The zero-order valence-corrected chi connectivity index (χ0v) is 11.9. The van der Waals surface area contributed by atoms with Crippen LogP contribution in [-0.2, 0) is 4.74 Å². The Balaban J connectivity index is 2.37. The smallest absolute Gasteiger partial charge is 0.342 e. The highest BCUT2D eigenvalue weighted by molar-refractivity contribution is 6.11. The molecular formula is C16H12O7. The van der Waals surface area contributed by atoms with Gasteiger partial charge in [-0.1, -0.05) is 0 Å². The Morgan fingerprint density at radius 2 is 1.74 bits per heavy atom. The Hall–Kier alpha value is -3.35. The van der Waals surface area contributed by atoms with Gasteiger partial charge in [-0.05, 0) is 18.2 Å². The molecule has 0 fully saturated rings. The Bertz CT molecular complexity index is 924. The molecule has 0 aliphatic rings. The highest BCUT2D eigenvalue weighted by Gasteiger charge is 2.26. The monoisotopic (exact) mass is 316 g/mol. The van der Waals surface area contributed by atoms with E-state index in [9.17, 15) is 25.2 Å². The van der Waals surface area contributed by atoms with Crippen LogP contribution in [0, 0.1) is 0 Å². The van der Waals surface area contributed by atoms with Crippen molar-refractivity contribution < 1.29 is 34.4 Å². The van der Waals surface area contributed by atoms with Crippen molar-refractivity contribution in [3.05, 3.63) is 35.9 Å². The number of esters is 1. The Morgan fingerprint density at radius 3 is 2.39 bits per heavy atom. The van der Waals surface area contributed by atoms with Crippen LogP contribution in [0.5, 0.6) is 23.0 Å². The van der Waals surface area contributed by atoms with Crippen molar-refractivity contribution in [2.45, 2.75) is 0 Å². The number of furan rings is 1. The fourth-order valence-electron chi connectivity index (χ4n) is 2.36. The van der Waals surface area contributed by atoms with Crippen LogP contribution >= 0.6 is 0 Å². The van der Waals surface area contributed by atoms with E-state index in [4.69, 9.17) is 9.15 Å². The first-order valence-corrected chi connectivity index (χ1v) is 6.51. The van der Waals surface area contributed by atoms with Gasteiger partial charge in [0.05, 0.1) is 12.5 Å². The van der Waals surface area contributed by atoms with E-state index in [2.05, 4.69) is 0 Å². The zero-order chi connectivity index (χ0) is 16.7. The predicted molar refractivity (Wildman–Crippen MR) is 79.6 cm³/mol. The fourth-order valence-corrected chi connectivity index (χ4v) is 2.36. The minimum atomic E-state index is -0.757. The second-order valence-electron chi connectivity index (χ2n) is 4.84. The fraction of sp³-hybridized carbons (Fsp3) is 0.0625. The topological polar surface area (TPSA) is 120 Å². The van der Waals surface area contributed by atoms with Gasteiger partial charge in [0, 0.05) is 17.7 Å². The third-order valence-corrected chi connectivity index (χ3v) is 3.38. The summed E-state index contributed by atoms with van der Waals surface area (Å²) < 4.78 is 10.3. The molecule has 0 aliphatic carbocycles. The van der Waals surface area contributed by atoms with Gasteiger partial charge in [-0.15, -0.1) is 0 Å². The molecule has 0 amide bonds. The summed E-state index contributed by atoms with van der Waals surface area (Å²) in [5, 5.41) is 38.7. The van der Waals surface area contributed by atoms with E-state index < -0.39 is 11.7 Å². The van der Waals surface area contributed by atoms with E-state index in [-0.39, 0.29) is 45.1 Å². The summed E-state index contributed by atoms with van der Waals surface area (Å²) in [5.74, 6) is -2.04. The van der Waals surface area contributed by atoms with Crippen molar-refractivity contribution in [3.63, 3.8) is 0 Å².